The molecule has 18 heavy (non-hydrogen) atoms. The third kappa shape index (κ3) is 2.95. The third-order valence-electron chi connectivity index (χ3n) is 2.73. The minimum atomic E-state index is -0.900. The van der Waals surface area contributed by atoms with Gasteiger partial charge in [0.05, 0.1) is 11.3 Å². The molecule has 0 aliphatic heterocycles. The summed E-state index contributed by atoms with van der Waals surface area (Å²) in [6.45, 7) is 1.33. The van der Waals surface area contributed by atoms with Crippen LogP contribution in [0, 0.1) is 0 Å². The van der Waals surface area contributed by atoms with Crippen molar-refractivity contribution in [1.29, 1.82) is 0 Å². The summed E-state index contributed by atoms with van der Waals surface area (Å²) < 4.78 is 1.81. The molecule has 5 nitrogen and oxygen atoms in total. The first kappa shape index (κ1) is 12.3. The molecular formula is C13H15N3O2. The number of nitrogens with one attached hydrogen (secondary N) is 1. The molecule has 1 aromatic heterocycles. The summed E-state index contributed by atoms with van der Waals surface area (Å²) in [4.78, 5) is 10.8. The maximum absolute atomic E-state index is 10.8. The summed E-state index contributed by atoms with van der Waals surface area (Å²) in [5, 5.41) is 16.2. The van der Waals surface area contributed by atoms with Gasteiger partial charge < -0.3 is 10.4 Å². The van der Waals surface area contributed by atoms with Crippen LogP contribution in [0.4, 0.5) is 0 Å². The Morgan fingerprint density at radius 2 is 2.22 bits per heavy atom. The van der Waals surface area contributed by atoms with E-state index in [4.69, 9.17) is 5.11 Å². The molecule has 0 aliphatic rings. The van der Waals surface area contributed by atoms with Gasteiger partial charge in [-0.15, -0.1) is 0 Å². The van der Waals surface area contributed by atoms with Gasteiger partial charge in [-0.05, 0) is 23.8 Å². The van der Waals surface area contributed by atoms with Crippen molar-refractivity contribution < 1.29 is 9.90 Å². The van der Waals surface area contributed by atoms with Crippen LogP contribution in [0.5, 0.6) is 0 Å². The second kappa shape index (κ2) is 5.46. The second-order valence-electron chi connectivity index (χ2n) is 4.06. The number of aromatic carboxylic acids is 1. The van der Waals surface area contributed by atoms with Crippen LogP contribution < -0.4 is 5.32 Å². The number of nitrogens with zero attached hydrogens (tertiary/aromatic N) is 2. The molecule has 0 unspecified atom stereocenters. The maximum Gasteiger partial charge on any atom is 0.335 e. The predicted molar refractivity (Wildman–Crippen MR) is 67.2 cm³/mol. The molecule has 1 aromatic carbocycles. The van der Waals surface area contributed by atoms with Gasteiger partial charge in [-0.2, -0.15) is 5.10 Å². The van der Waals surface area contributed by atoms with E-state index in [0.29, 0.717) is 18.7 Å². The summed E-state index contributed by atoms with van der Waals surface area (Å²) in [6.07, 6.45) is 1.75. The summed E-state index contributed by atoms with van der Waals surface area (Å²) in [5.74, 6) is -0.900. The van der Waals surface area contributed by atoms with Crippen LogP contribution in [0.2, 0.25) is 0 Å². The summed E-state index contributed by atoms with van der Waals surface area (Å²) >= 11 is 0. The van der Waals surface area contributed by atoms with E-state index >= 15 is 0 Å². The Morgan fingerprint density at radius 1 is 1.39 bits per heavy atom. The van der Waals surface area contributed by atoms with Gasteiger partial charge in [-0.3, -0.25) is 4.68 Å². The first-order valence-corrected chi connectivity index (χ1v) is 5.66. The minimum absolute atomic E-state index is 0.315. The highest BCUT2D eigenvalue weighted by Crippen LogP contribution is 2.05. The van der Waals surface area contributed by atoms with Crippen LogP contribution in [-0.2, 0) is 20.1 Å². The maximum atomic E-state index is 10.8. The van der Waals surface area contributed by atoms with E-state index in [2.05, 4.69) is 10.4 Å². The van der Waals surface area contributed by atoms with E-state index in [-0.39, 0.29) is 0 Å². The van der Waals surface area contributed by atoms with E-state index in [0.717, 1.165) is 11.3 Å². The first-order chi connectivity index (χ1) is 8.66. The largest absolute Gasteiger partial charge is 0.478 e. The topological polar surface area (TPSA) is 67.2 Å². The molecule has 0 fully saturated rings. The van der Waals surface area contributed by atoms with Gasteiger partial charge in [0.15, 0.2) is 0 Å². The third-order valence-corrected chi connectivity index (χ3v) is 2.73. The molecule has 2 aromatic rings. The molecular weight excluding hydrogens is 230 g/mol. The Hall–Kier alpha value is -2.14. The van der Waals surface area contributed by atoms with Crippen LogP contribution in [0.25, 0.3) is 0 Å². The number of carboxylic acids is 1. The number of carbonyl (C=O) groups is 1. The SMILES string of the molecule is Cn1nccc1CNCc1cccc(C(=O)O)c1. The molecule has 0 aliphatic carbocycles. The van der Waals surface area contributed by atoms with Crippen molar-refractivity contribution in [3.8, 4) is 0 Å². The smallest absolute Gasteiger partial charge is 0.335 e. The Bertz CT molecular complexity index is 549. The highest BCUT2D eigenvalue weighted by atomic mass is 16.4. The number of aromatic nitrogens is 2. The van der Waals surface area contributed by atoms with E-state index < -0.39 is 5.97 Å². The van der Waals surface area contributed by atoms with Crippen LogP contribution in [0.3, 0.4) is 0 Å². The zero-order valence-electron chi connectivity index (χ0n) is 10.1. The normalized spacial score (nSPS) is 10.5. The first-order valence-electron chi connectivity index (χ1n) is 5.66. The highest BCUT2D eigenvalue weighted by molar-refractivity contribution is 5.87. The van der Waals surface area contributed by atoms with E-state index in [9.17, 15) is 4.79 Å². The standard InChI is InChI=1S/C13H15N3O2/c1-16-12(5-6-15-16)9-14-8-10-3-2-4-11(7-10)13(17)18/h2-7,14H,8-9H2,1H3,(H,17,18). The fourth-order valence-corrected chi connectivity index (χ4v) is 1.72. The van der Waals surface area contributed by atoms with Crippen molar-refractivity contribution in [1.82, 2.24) is 15.1 Å². The number of hydrogen-bond acceptors (Lipinski definition) is 3. The molecule has 1 heterocycles. The molecule has 2 N–H and O–H groups in total. The van der Waals surface area contributed by atoms with E-state index in [1.54, 1.807) is 29.1 Å². The fraction of sp³-hybridized carbons (Fsp3) is 0.231. The zero-order valence-corrected chi connectivity index (χ0v) is 10.1. The molecule has 0 saturated carbocycles. The van der Waals surface area contributed by atoms with Crippen molar-refractivity contribution >= 4 is 5.97 Å². The lowest BCUT2D eigenvalue weighted by atomic mass is 10.1. The van der Waals surface area contributed by atoms with Crippen LogP contribution in [0.1, 0.15) is 21.6 Å². The molecule has 5 heteroatoms. The molecule has 0 bridgehead atoms. The number of rotatable bonds is 5. The average molecular weight is 245 g/mol. The number of carboxylic acid groups (broad SMARTS) is 1. The van der Waals surface area contributed by atoms with E-state index in [1.807, 2.05) is 19.2 Å². The Kier molecular flexibility index (Phi) is 3.74. The minimum Gasteiger partial charge on any atom is -0.478 e. The Labute approximate surface area is 105 Å². The summed E-state index contributed by atoms with van der Waals surface area (Å²) in [6, 6.07) is 8.87. The van der Waals surface area contributed by atoms with E-state index in [1.165, 1.54) is 0 Å². The van der Waals surface area contributed by atoms with Crippen molar-refractivity contribution in [2.45, 2.75) is 13.1 Å². The lowest BCUT2D eigenvalue weighted by Gasteiger charge is -2.06. The lowest BCUT2D eigenvalue weighted by Crippen LogP contribution is -2.15. The van der Waals surface area contributed by atoms with Crippen LogP contribution in [0.15, 0.2) is 36.5 Å². The number of benzene rings is 1. The molecule has 0 atom stereocenters. The highest BCUT2D eigenvalue weighted by Gasteiger charge is 2.03. The van der Waals surface area contributed by atoms with Gasteiger partial charge in [0.1, 0.15) is 0 Å². The molecule has 0 saturated heterocycles. The van der Waals surface area contributed by atoms with Gasteiger partial charge in [0.2, 0.25) is 0 Å². The molecule has 94 valence electrons. The summed E-state index contributed by atoms with van der Waals surface area (Å²) in [7, 11) is 1.89. The van der Waals surface area contributed by atoms with Gasteiger partial charge in [-0.25, -0.2) is 4.79 Å². The second-order valence-corrected chi connectivity index (χ2v) is 4.06. The Balaban J connectivity index is 1.92. The number of aryl methyl sites for hydroxylation is 1. The van der Waals surface area contributed by atoms with Gasteiger partial charge in [-0.1, -0.05) is 12.1 Å². The quantitative estimate of drug-likeness (QED) is 0.835. The van der Waals surface area contributed by atoms with Gasteiger partial charge in [0, 0.05) is 26.3 Å². The molecule has 2 rings (SSSR count). The van der Waals surface area contributed by atoms with Crippen molar-refractivity contribution in [2.24, 2.45) is 7.05 Å². The predicted octanol–water partition coefficient (Wildman–Crippen LogP) is 1.41. The monoisotopic (exact) mass is 245 g/mol. The zero-order chi connectivity index (χ0) is 13.0. The molecule has 0 amide bonds. The van der Waals surface area contributed by atoms with Crippen LogP contribution >= 0.6 is 0 Å². The van der Waals surface area contributed by atoms with Crippen molar-refractivity contribution in [2.75, 3.05) is 0 Å². The fourth-order valence-electron chi connectivity index (χ4n) is 1.72. The van der Waals surface area contributed by atoms with Gasteiger partial charge in [0.25, 0.3) is 0 Å². The lowest BCUT2D eigenvalue weighted by molar-refractivity contribution is 0.0696. The molecule has 0 spiro atoms. The van der Waals surface area contributed by atoms with Crippen molar-refractivity contribution in [3.63, 3.8) is 0 Å². The molecule has 0 radical (unpaired) electrons. The summed E-state index contributed by atoms with van der Waals surface area (Å²) in [5.41, 5.74) is 2.36. The number of hydrogen-bond donors (Lipinski definition) is 2. The Morgan fingerprint density at radius 3 is 2.89 bits per heavy atom. The van der Waals surface area contributed by atoms with Crippen molar-refractivity contribution in [3.05, 3.63) is 53.3 Å². The van der Waals surface area contributed by atoms with Gasteiger partial charge >= 0.3 is 5.97 Å². The van der Waals surface area contributed by atoms with Crippen LogP contribution in [-0.4, -0.2) is 20.9 Å². The average Bonchev–Trinajstić information content (AvgIpc) is 2.76.